The maximum atomic E-state index is 13.6. The summed E-state index contributed by atoms with van der Waals surface area (Å²) in [6.07, 6.45) is -4.53. The van der Waals surface area contributed by atoms with Crippen LogP contribution in [0.4, 0.5) is 23.7 Å². The number of nitrogens with one attached hydrogen (secondary N) is 2. The minimum absolute atomic E-state index is 0.0128. The van der Waals surface area contributed by atoms with E-state index in [4.69, 9.17) is 0 Å². The summed E-state index contributed by atoms with van der Waals surface area (Å²) in [5, 5.41) is 5.10. The molecule has 0 aliphatic heterocycles. The lowest BCUT2D eigenvalue weighted by atomic mass is 9.85. The number of amides is 3. The molecule has 0 saturated heterocycles. The Morgan fingerprint density at radius 2 is 1.59 bits per heavy atom. The second kappa shape index (κ2) is 11.4. The summed E-state index contributed by atoms with van der Waals surface area (Å²) in [6.45, 7) is 6.93. The van der Waals surface area contributed by atoms with Crippen LogP contribution in [0.15, 0.2) is 54.6 Å². The molecule has 6 nitrogen and oxygen atoms in total. The predicted molar refractivity (Wildman–Crippen MR) is 127 cm³/mol. The fourth-order valence-electron chi connectivity index (χ4n) is 3.29. The number of urea groups is 1. The van der Waals surface area contributed by atoms with Crippen LogP contribution in [0.3, 0.4) is 0 Å². The standard InChI is InChI=1S/C25H33F3N4O2/c1-24(2,3)21(30-23(34)29-20-13-9-12-19(16-20)25(26,27)28)22(33)32(15-14-31(4)5)17-18-10-7-6-8-11-18/h6-13,16,21H,14-15,17H2,1-5H3,(H2,29,30,34)/t21-/m1/s1. The summed E-state index contributed by atoms with van der Waals surface area (Å²) in [4.78, 5) is 29.9. The van der Waals surface area contributed by atoms with Crippen LogP contribution >= 0.6 is 0 Å². The maximum Gasteiger partial charge on any atom is 0.416 e. The van der Waals surface area contributed by atoms with Crippen LogP contribution in [-0.4, -0.2) is 55.0 Å². The Kier molecular flexibility index (Phi) is 9.09. The van der Waals surface area contributed by atoms with E-state index in [1.165, 1.54) is 12.1 Å². The van der Waals surface area contributed by atoms with Crippen LogP contribution in [0.2, 0.25) is 0 Å². The number of likely N-dealkylation sites (N-methyl/N-ethyl adjacent to an activating group) is 1. The zero-order valence-electron chi connectivity index (χ0n) is 20.2. The van der Waals surface area contributed by atoms with Gasteiger partial charge in [0, 0.05) is 25.3 Å². The van der Waals surface area contributed by atoms with E-state index in [0.29, 0.717) is 19.6 Å². The lowest BCUT2D eigenvalue weighted by Crippen LogP contribution is -2.56. The van der Waals surface area contributed by atoms with Crippen LogP contribution in [-0.2, 0) is 17.5 Å². The number of carbonyl (C=O) groups is 2. The third-order valence-corrected chi connectivity index (χ3v) is 5.18. The number of rotatable bonds is 8. The third kappa shape index (κ3) is 8.37. The predicted octanol–water partition coefficient (Wildman–Crippen LogP) is 4.83. The molecule has 0 saturated carbocycles. The van der Waals surface area contributed by atoms with Gasteiger partial charge in [0.15, 0.2) is 0 Å². The number of halogens is 3. The van der Waals surface area contributed by atoms with Crippen molar-refractivity contribution in [2.75, 3.05) is 32.5 Å². The van der Waals surface area contributed by atoms with Gasteiger partial charge in [-0.1, -0.05) is 57.2 Å². The number of anilines is 1. The quantitative estimate of drug-likeness (QED) is 0.571. The Balaban J connectivity index is 2.21. The molecule has 0 radical (unpaired) electrons. The SMILES string of the molecule is CN(C)CCN(Cc1ccccc1)C(=O)[C@@H](NC(=O)Nc1cccc(C(F)(F)F)c1)C(C)(C)C. The van der Waals surface area contributed by atoms with E-state index in [9.17, 15) is 22.8 Å². The van der Waals surface area contributed by atoms with Crippen LogP contribution in [0.25, 0.3) is 0 Å². The number of carbonyl (C=O) groups excluding carboxylic acids is 2. The van der Waals surface area contributed by atoms with Gasteiger partial charge in [0.25, 0.3) is 0 Å². The molecule has 186 valence electrons. The normalized spacial score (nSPS) is 12.9. The Bertz CT molecular complexity index is 957. The van der Waals surface area contributed by atoms with Crippen LogP contribution in [0, 0.1) is 5.41 Å². The molecule has 0 heterocycles. The van der Waals surface area contributed by atoms with Gasteiger partial charge >= 0.3 is 12.2 Å². The molecule has 1 atom stereocenters. The molecule has 9 heteroatoms. The van der Waals surface area contributed by atoms with Crippen molar-refractivity contribution >= 4 is 17.6 Å². The summed E-state index contributed by atoms with van der Waals surface area (Å²) in [5.74, 6) is -0.266. The first-order chi connectivity index (χ1) is 15.8. The summed E-state index contributed by atoms with van der Waals surface area (Å²) >= 11 is 0. The number of hydrogen-bond acceptors (Lipinski definition) is 3. The highest BCUT2D eigenvalue weighted by Gasteiger charge is 2.36. The highest BCUT2D eigenvalue weighted by molar-refractivity contribution is 5.94. The number of hydrogen-bond donors (Lipinski definition) is 2. The van der Waals surface area contributed by atoms with Crippen molar-refractivity contribution in [3.8, 4) is 0 Å². The first-order valence-corrected chi connectivity index (χ1v) is 11.0. The van der Waals surface area contributed by atoms with Crippen molar-refractivity contribution in [2.45, 2.75) is 39.5 Å². The molecule has 2 aromatic rings. The molecule has 0 unspecified atom stereocenters. The second-order valence-corrected chi connectivity index (χ2v) is 9.52. The molecule has 0 aliphatic rings. The summed E-state index contributed by atoms with van der Waals surface area (Å²) < 4.78 is 39.0. The van der Waals surface area contributed by atoms with Crippen LogP contribution in [0.5, 0.6) is 0 Å². The van der Waals surface area contributed by atoms with Crippen molar-refractivity contribution in [1.82, 2.24) is 15.1 Å². The van der Waals surface area contributed by atoms with Gasteiger partial charge in [-0.3, -0.25) is 4.79 Å². The number of nitrogens with zero attached hydrogens (tertiary/aromatic N) is 2. The van der Waals surface area contributed by atoms with Gasteiger partial charge in [-0.15, -0.1) is 0 Å². The minimum atomic E-state index is -4.53. The first-order valence-electron chi connectivity index (χ1n) is 11.0. The van der Waals surface area contributed by atoms with E-state index in [-0.39, 0.29) is 11.6 Å². The molecule has 0 spiro atoms. The average molecular weight is 479 g/mol. The molecule has 34 heavy (non-hydrogen) atoms. The van der Waals surface area contributed by atoms with Gasteiger partial charge in [0.05, 0.1) is 5.56 Å². The van der Waals surface area contributed by atoms with Crippen molar-refractivity contribution < 1.29 is 22.8 Å². The smallest absolute Gasteiger partial charge is 0.335 e. The van der Waals surface area contributed by atoms with Crippen molar-refractivity contribution in [3.05, 3.63) is 65.7 Å². The molecule has 2 aromatic carbocycles. The molecule has 0 aromatic heterocycles. The molecule has 0 aliphatic carbocycles. The second-order valence-electron chi connectivity index (χ2n) is 9.52. The Morgan fingerprint density at radius 1 is 0.941 bits per heavy atom. The van der Waals surface area contributed by atoms with Crippen molar-refractivity contribution in [3.63, 3.8) is 0 Å². The molecular formula is C25H33F3N4O2. The first kappa shape index (κ1) is 27.2. The van der Waals surface area contributed by atoms with Crippen molar-refractivity contribution in [1.29, 1.82) is 0 Å². The monoisotopic (exact) mass is 478 g/mol. The van der Waals surface area contributed by atoms with Gasteiger partial charge in [0.2, 0.25) is 5.91 Å². The van der Waals surface area contributed by atoms with Gasteiger partial charge in [-0.2, -0.15) is 13.2 Å². The molecule has 2 N–H and O–H groups in total. The highest BCUT2D eigenvalue weighted by Crippen LogP contribution is 2.30. The topological polar surface area (TPSA) is 64.7 Å². The molecule has 2 rings (SSSR count). The minimum Gasteiger partial charge on any atom is -0.335 e. The number of benzene rings is 2. The largest absolute Gasteiger partial charge is 0.416 e. The fourth-order valence-corrected chi connectivity index (χ4v) is 3.29. The average Bonchev–Trinajstić information content (AvgIpc) is 2.74. The van der Waals surface area contributed by atoms with Crippen LogP contribution < -0.4 is 10.6 Å². The van der Waals surface area contributed by atoms with E-state index in [1.807, 2.05) is 70.1 Å². The lowest BCUT2D eigenvalue weighted by molar-refractivity contribution is -0.138. The van der Waals surface area contributed by atoms with E-state index in [0.717, 1.165) is 17.7 Å². The third-order valence-electron chi connectivity index (χ3n) is 5.18. The molecule has 0 fully saturated rings. The van der Waals surface area contributed by atoms with E-state index in [1.54, 1.807) is 4.90 Å². The zero-order valence-corrected chi connectivity index (χ0v) is 20.2. The van der Waals surface area contributed by atoms with Gasteiger partial charge in [0.1, 0.15) is 6.04 Å². The Labute approximate surface area is 199 Å². The zero-order chi connectivity index (χ0) is 25.5. The van der Waals surface area contributed by atoms with Crippen LogP contribution in [0.1, 0.15) is 31.9 Å². The highest BCUT2D eigenvalue weighted by atomic mass is 19.4. The van der Waals surface area contributed by atoms with Gasteiger partial charge in [-0.05, 0) is 43.3 Å². The van der Waals surface area contributed by atoms with Gasteiger partial charge < -0.3 is 20.4 Å². The molecular weight excluding hydrogens is 445 g/mol. The van der Waals surface area contributed by atoms with Crippen molar-refractivity contribution in [2.24, 2.45) is 5.41 Å². The molecule has 3 amide bonds. The summed E-state index contributed by atoms with van der Waals surface area (Å²) in [6, 6.07) is 12.2. The number of alkyl halides is 3. The molecule has 0 bridgehead atoms. The fraction of sp³-hybridized carbons (Fsp3) is 0.440. The summed E-state index contributed by atoms with van der Waals surface area (Å²) in [5.41, 5.74) is -0.571. The summed E-state index contributed by atoms with van der Waals surface area (Å²) in [7, 11) is 3.82. The Morgan fingerprint density at radius 3 is 2.15 bits per heavy atom. The van der Waals surface area contributed by atoms with Gasteiger partial charge in [-0.25, -0.2) is 4.79 Å². The Hall–Kier alpha value is -3.07. The van der Waals surface area contributed by atoms with E-state index < -0.39 is 29.2 Å². The van der Waals surface area contributed by atoms with E-state index in [2.05, 4.69) is 10.6 Å². The maximum absolute atomic E-state index is 13.6. The van der Waals surface area contributed by atoms with E-state index >= 15 is 0 Å². The lowest BCUT2D eigenvalue weighted by Gasteiger charge is -2.35.